The third kappa shape index (κ3) is 1.55. The van der Waals surface area contributed by atoms with Gasteiger partial charge in [-0.05, 0) is 26.2 Å². The minimum absolute atomic E-state index is 0.104. The molecule has 0 aromatic carbocycles. The molecular weight excluding hydrogens is 248 g/mol. The predicted octanol–water partition coefficient (Wildman–Crippen LogP) is -0.196. The summed E-state index contributed by atoms with van der Waals surface area (Å²) in [7, 11) is 0. The predicted molar refractivity (Wildman–Crippen MR) is 64.6 cm³/mol. The van der Waals surface area contributed by atoms with Crippen LogP contribution in [0.2, 0.25) is 0 Å². The number of hydrogen-bond acceptors (Lipinski definition) is 4. The molecule has 0 saturated carbocycles. The molecule has 3 aliphatic rings. The first-order chi connectivity index (χ1) is 8.96. The molecule has 0 radical (unpaired) electrons. The molecule has 104 valence electrons. The summed E-state index contributed by atoms with van der Waals surface area (Å²) in [6.07, 6.45) is 2.12. The van der Waals surface area contributed by atoms with E-state index >= 15 is 0 Å². The van der Waals surface area contributed by atoms with Crippen molar-refractivity contribution in [1.29, 1.82) is 0 Å². The molecular formula is C13H18N2O4. The first-order valence-electron chi connectivity index (χ1n) is 6.76. The summed E-state index contributed by atoms with van der Waals surface area (Å²) in [4.78, 5) is 36.9. The van der Waals surface area contributed by atoms with Gasteiger partial charge in [-0.1, -0.05) is 0 Å². The van der Waals surface area contributed by atoms with Crippen molar-refractivity contribution in [3.8, 4) is 0 Å². The zero-order valence-corrected chi connectivity index (χ0v) is 10.9. The van der Waals surface area contributed by atoms with Crippen molar-refractivity contribution in [2.24, 2.45) is 17.1 Å². The lowest BCUT2D eigenvalue weighted by Crippen LogP contribution is -2.41. The molecule has 3 fully saturated rings. The van der Waals surface area contributed by atoms with Crippen LogP contribution in [0.15, 0.2) is 0 Å². The molecule has 0 unspecified atom stereocenters. The van der Waals surface area contributed by atoms with Crippen LogP contribution >= 0.6 is 0 Å². The van der Waals surface area contributed by atoms with Crippen molar-refractivity contribution >= 4 is 17.7 Å². The highest BCUT2D eigenvalue weighted by atomic mass is 16.5. The first-order valence-corrected chi connectivity index (χ1v) is 6.76. The molecule has 19 heavy (non-hydrogen) atoms. The van der Waals surface area contributed by atoms with E-state index in [1.807, 2.05) is 6.92 Å². The molecule has 4 atom stereocenters. The van der Waals surface area contributed by atoms with E-state index in [1.165, 1.54) is 4.90 Å². The summed E-state index contributed by atoms with van der Waals surface area (Å²) in [5.74, 6) is -1.01. The molecule has 3 saturated heterocycles. The van der Waals surface area contributed by atoms with E-state index in [4.69, 9.17) is 10.5 Å². The van der Waals surface area contributed by atoms with Gasteiger partial charge in [0, 0.05) is 13.0 Å². The second-order valence-corrected chi connectivity index (χ2v) is 5.87. The number of imide groups is 1. The maximum absolute atomic E-state index is 12.5. The van der Waals surface area contributed by atoms with E-state index in [-0.39, 0.29) is 42.9 Å². The van der Waals surface area contributed by atoms with Crippen LogP contribution in [0.3, 0.4) is 0 Å². The molecule has 3 heterocycles. The van der Waals surface area contributed by atoms with Crippen LogP contribution in [0.1, 0.15) is 32.6 Å². The molecule has 2 N–H and O–H groups in total. The normalized spacial score (nSPS) is 40.1. The number of fused-ring (bicyclic) bond motifs is 5. The molecule has 3 amide bonds. The van der Waals surface area contributed by atoms with Crippen molar-refractivity contribution in [3.05, 3.63) is 0 Å². The van der Waals surface area contributed by atoms with Crippen LogP contribution in [0.25, 0.3) is 0 Å². The highest BCUT2D eigenvalue weighted by Gasteiger charge is 2.69. The van der Waals surface area contributed by atoms with Crippen LogP contribution in [0.5, 0.6) is 0 Å². The lowest BCUT2D eigenvalue weighted by molar-refractivity contribution is -0.144. The van der Waals surface area contributed by atoms with Gasteiger partial charge in [0.1, 0.15) is 0 Å². The fraction of sp³-hybridized carbons (Fsp3) is 0.769. The molecule has 3 aliphatic heterocycles. The second-order valence-electron chi connectivity index (χ2n) is 5.87. The van der Waals surface area contributed by atoms with Crippen LogP contribution in [0, 0.1) is 11.3 Å². The highest BCUT2D eigenvalue weighted by molar-refractivity contribution is 6.08. The van der Waals surface area contributed by atoms with Crippen molar-refractivity contribution < 1.29 is 19.1 Å². The quantitative estimate of drug-likeness (QED) is 0.714. The number of carbonyl (C=O) groups is 3. The number of nitrogens with zero attached hydrogens (tertiary/aromatic N) is 1. The maximum atomic E-state index is 12.5. The fourth-order valence-corrected chi connectivity index (χ4v) is 3.80. The van der Waals surface area contributed by atoms with Crippen LogP contribution in [-0.4, -0.2) is 41.4 Å². The fourth-order valence-electron chi connectivity index (χ4n) is 3.80. The molecule has 6 nitrogen and oxygen atoms in total. The lowest BCUT2D eigenvalue weighted by Gasteiger charge is -2.28. The summed E-state index contributed by atoms with van der Waals surface area (Å²) >= 11 is 0. The van der Waals surface area contributed by atoms with Crippen molar-refractivity contribution in [3.63, 3.8) is 0 Å². The Kier molecular flexibility index (Phi) is 2.67. The van der Waals surface area contributed by atoms with Gasteiger partial charge in [0.2, 0.25) is 17.7 Å². The van der Waals surface area contributed by atoms with E-state index < -0.39 is 11.3 Å². The number of primary amides is 1. The van der Waals surface area contributed by atoms with Crippen molar-refractivity contribution in [2.45, 2.75) is 44.8 Å². The van der Waals surface area contributed by atoms with E-state index in [0.717, 1.165) is 12.8 Å². The molecule has 0 spiro atoms. The smallest absolute Gasteiger partial charge is 0.238 e. The van der Waals surface area contributed by atoms with Gasteiger partial charge in [-0.15, -0.1) is 0 Å². The first kappa shape index (κ1) is 12.6. The van der Waals surface area contributed by atoms with E-state index in [2.05, 4.69) is 0 Å². The van der Waals surface area contributed by atoms with Gasteiger partial charge in [-0.25, -0.2) is 0 Å². The standard InChI is InChI=1S/C13H18N2O4/c1-13-8-5-4-7(19-8)10(13)11(17)15(12(13)18)6-2-3-9(14)16/h7-8,10H,2-6H2,1H3,(H2,14,16)/t7-,8+,10+,13+/m0/s1. The Morgan fingerprint density at radius 2 is 2.21 bits per heavy atom. The molecule has 0 aliphatic carbocycles. The minimum Gasteiger partial charge on any atom is -0.373 e. The number of carbonyl (C=O) groups excluding carboxylic acids is 3. The Hall–Kier alpha value is -1.43. The zero-order chi connectivity index (χ0) is 13.8. The van der Waals surface area contributed by atoms with Gasteiger partial charge >= 0.3 is 0 Å². The molecule has 6 heteroatoms. The summed E-state index contributed by atoms with van der Waals surface area (Å²) in [6, 6.07) is 0. The number of nitrogens with two attached hydrogens (primary N) is 1. The summed E-state index contributed by atoms with van der Waals surface area (Å²) in [6.45, 7) is 2.13. The van der Waals surface area contributed by atoms with Crippen LogP contribution in [-0.2, 0) is 19.1 Å². The lowest BCUT2D eigenvalue weighted by atomic mass is 9.69. The Morgan fingerprint density at radius 3 is 2.84 bits per heavy atom. The highest BCUT2D eigenvalue weighted by Crippen LogP contribution is 2.56. The Morgan fingerprint density at radius 1 is 1.47 bits per heavy atom. The van der Waals surface area contributed by atoms with Gasteiger partial charge in [-0.2, -0.15) is 0 Å². The molecule has 2 bridgehead atoms. The van der Waals surface area contributed by atoms with E-state index in [1.54, 1.807) is 0 Å². The van der Waals surface area contributed by atoms with Gasteiger partial charge in [0.05, 0.1) is 23.5 Å². The number of amides is 3. The topological polar surface area (TPSA) is 89.7 Å². The van der Waals surface area contributed by atoms with E-state index in [9.17, 15) is 14.4 Å². The monoisotopic (exact) mass is 266 g/mol. The summed E-state index contributed by atoms with van der Waals surface area (Å²) in [5.41, 5.74) is 4.38. The zero-order valence-electron chi connectivity index (χ0n) is 10.9. The molecule has 0 aromatic rings. The Labute approximate surface area is 111 Å². The molecule has 3 rings (SSSR count). The SMILES string of the molecule is C[C@]12C(=O)N(CCCC(N)=O)C(=O)[C@H]1[C@@H]1CC[C@H]2O1. The van der Waals surface area contributed by atoms with Crippen molar-refractivity contribution in [1.82, 2.24) is 4.90 Å². The van der Waals surface area contributed by atoms with Crippen LogP contribution in [0.4, 0.5) is 0 Å². The number of likely N-dealkylation sites (tertiary alicyclic amines) is 1. The average molecular weight is 266 g/mol. The van der Waals surface area contributed by atoms with Crippen LogP contribution < -0.4 is 5.73 Å². The molecule has 0 aromatic heterocycles. The van der Waals surface area contributed by atoms with Crippen molar-refractivity contribution in [2.75, 3.05) is 6.54 Å². The third-order valence-electron chi connectivity index (χ3n) is 4.78. The minimum atomic E-state index is -0.688. The Bertz CT molecular complexity index is 464. The summed E-state index contributed by atoms with van der Waals surface area (Å²) < 4.78 is 5.73. The number of ether oxygens (including phenoxy) is 1. The average Bonchev–Trinajstić information content (AvgIpc) is 2.96. The number of rotatable bonds is 4. The van der Waals surface area contributed by atoms with Gasteiger partial charge < -0.3 is 10.5 Å². The largest absolute Gasteiger partial charge is 0.373 e. The van der Waals surface area contributed by atoms with Gasteiger partial charge in [-0.3, -0.25) is 19.3 Å². The van der Waals surface area contributed by atoms with Gasteiger partial charge in [0.25, 0.3) is 0 Å². The second kappa shape index (κ2) is 4.03. The third-order valence-corrected chi connectivity index (χ3v) is 4.78. The van der Waals surface area contributed by atoms with Gasteiger partial charge in [0.15, 0.2) is 0 Å². The number of hydrogen-bond donors (Lipinski definition) is 1. The summed E-state index contributed by atoms with van der Waals surface area (Å²) in [5, 5.41) is 0. The maximum Gasteiger partial charge on any atom is 0.238 e. The van der Waals surface area contributed by atoms with E-state index in [0.29, 0.717) is 6.42 Å². The Balaban J connectivity index is 1.77.